The van der Waals surface area contributed by atoms with Gasteiger partial charge >= 0.3 is 0 Å². The normalized spacial score (nSPS) is 27.5. The average Bonchev–Trinajstić information content (AvgIpc) is 1.57. The summed E-state index contributed by atoms with van der Waals surface area (Å²) in [5, 5.41) is 0. The van der Waals surface area contributed by atoms with Crippen LogP contribution in [0.15, 0.2) is 0 Å². The number of hydrogen-bond donors (Lipinski definition) is 0. The second-order valence-corrected chi connectivity index (χ2v) is 5.84. The Morgan fingerprint density at radius 3 is 2.40 bits per heavy atom. The smallest absolute Gasteiger partial charge is 0.115 e. The number of rotatable bonds is 2. The van der Waals surface area contributed by atoms with Crippen molar-refractivity contribution in [1.82, 2.24) is 0 Å². The minimum absolute atomic E-state index is 0.487. The van der Waals surface area contributed by atoms with Gasteiger partial charge in [0, 0.05) is 5.75 Å². The predicted octanol–water partition coefficient (Wildman–Crippen LogP) is 2.33. The summed E-state index contributed by atoms with van der Waals surface area (Å²) in [6.45, 7) is 4.47. The third kappa shape index (κ3) is 2.24. The second-order valence-electron chi connectivity index (χ2n) is 3.90. The first-order valence-electron chi connectivity index (χ1n) is 3.54. The van der Waals surface area contributed by atoms with Gasteiger partial charge in [-0.1, -0.05) is 13.8 Å². The van der Waals surface area contributed by atoms with E-state index in [1.807, 2.05) is 0 Å². The molecule has 0 amide bonds. The maximum Gasteiger partial charge on any atom is 0.115 e. The van der Waals surface area contributed by atoms with Gasteiger partial charge < -0.3 is 0 Å². The van der Waals surface area contributed by atoms with Gasteiger partial charge in [-0.25, -0.2) is 4.21 Å². The van der Waals surface area contributed by atoms with Crippen LogP contribution >= 0.6 is 10.7 Å². The molecule has 1 saturated carbocycles. The Hall–Kier alpha value is 0.440. The molecule has 1 unspecified atom stereocenters. The summed E-state index contributed by atoms with van der Waals surface area (Å²) in [5.74, 6) is 1.30. The average molecular weight is 181 g/mol. The highest BCUT2D eigenvalue weighted by Crippen LogP contribution is 2.45. The minimum atomic E-state index is -1.11. The van der Waals surface area contributed by atoms with Crippen molar-refractivity contribution in [3.8, 4) is 0 Å². The molecule has 0 aliphatic heterocycles. The van der Waals surface area contributed by atoms with Crippen molar-refractivity contribution in [2.45, 2.75) is 26.7 Å². The van der Waals surface area contributed by atoms with Crippen LogP contribution in [0, 0.1) is 11.3 Å². The quantitative estimate of drug-likeness (QED) is 0.597. The first-order chi connectivity index (χ1) is 4.49. The maximum absolute atomic E-state index is 10.5. The highest BCUT2D eigenvalue weighted by molar-refractivity contribution is 8.08. The molecule has 10 heavy (non-hydrogen) atoms. The van der Waals surface area contributed by atoms with E-state index >= 15 is 0 Å². The second kappa shape index (κ2) is 2.82. The van der Waals surface area contributed by atoms with Gasteiger partial charge in [0.15, 0.2) is 0 Å². The Bertz CT molecular complexity index is 148. The Balaban J connectivity index is 2.21. The van der Waals surface area contributed by atoms with Gasteiger partial charge in [0.2, 0.25) is 0 Å². The fourth-order valence-electron chi connectivity index (χ4n) is 1.81. The molecule has 0 saturated heterocycles. The molecule has 0 N–H and O–H groups in total. The van der Waals surface area contributed by atoms with Gasteiger partial charge in [-0.05, 0) is 34.9 Å². The Kier molecular flexibility index (Phi) is 2.41. The van der Waals surface area contributed by atoms with Crippen LogP contribution in [-0.4, -0.2) is 9.96 Å². The molecule has 0 aromatic rings. The summed E-state index contributed by atoms with van der Waals surface area (Å²) < 4.78 is 10.5. The molecule has 0 aromatic carbocycles. The summed E-state index contributed by atoms with van der Waals surface area (Å²) in [4.78, 5) is 0. The lowest BCUT2D eigenvalue weighted by Gasteiger charge is -2.42. The van der Waals surface area contributed by atoms with Crippen LogP contribution in [-0.2, 0) is 10.0 Å². The van der Waals surface area contributed by atoms with Crippen LogP contribution in [0.25, 0.3) is 0 Å². The van der Waals surface area contributed by atoms with E-state index in [0.29, 0.717) is 17.1 Å². The van der Waals surface area contributed by atoms with E-state index in [1.54, 1.807) is 0 Å². The van der Waals surface area contributed by atoms with Crippen molar-refractivity contribution in [3.63, 3.8) is 0 Å². The first kappa shape index (κ1) is 8.54. The van der Waals surface area contributed by atoms with Gasteiger partial charge in [-0.3, -0.25) is 0 Å². The highest BCUT2D eigenvalue weighted by Gasteiger charge is 2.36. The third-order valence-corrected chi connectivity index (χ3v) is 3.16. The minimum Gasteiger partial charge on any atom is -0.243 e. The summed E-state index contributed by atoms with van der Waals surface area (Å²) >= 11 is 0. The van der Waals surface area contributed by atoms with Crippen molar-refractivity contribution in [2.24, 2.45) is 11.3 Å². The van der Waals surface area contributed by atoms with Crippen molar-refractivity contribution < 1.29 is 4.21 Å². The van der Waals surface area contributed by atoms with E-state index in [1.165, 1.54) is 12.8 Å². The number of hydrogen-bond acceptors (Lipinski definition) is 1. The zero-order chi connectivity index (χ0) is 7.78. The molecular weight excluding hydrogens is 168 g/mol. The molecule has 1 aliphatic carbocycles. The van der Waals surface area contributed by atoms with Crippen molar-refractivity contribution >= 4 is 20.7 Å². The van der Waals surface area contributed by atoms with Gasteiger partial charge in [0.05, 0.1) is 0 Å². The molecule has 0 spiro atoms. The van der Waals surface area contributed by atoms with E-state index in [9.17, 15) is 4.21 Å². The molecule has 0 heterocycles. The highest BCUT2D eigenvalue weighted by atomic mass is 35.7. The SMILES string of the molecule is CC1(C)CC(CS(=O)Cl)C1. The van der Waals surface area contributed by atoms with Gasteiger partial charge in [0.25, 0.3) is 0 Å². The van der Waals surface area contributed by atoms with Crippen molar-refractivity contribution in [2.75, 3.05) is 5.75 Å². The first-order valence-corrected chi connectivity index (χ1v) is 5.69. The molecule has 1 nitrogen and oxygen atoms in total. The zero-order valence-corrected chi connectivity index (χ0v) is 7.97. The monoisotopic (exact) mass is 180 g/mol. The fraction of sp³-hybridized carbons (Fsp3) is 1.00. The standard InChI is InChI=1S/C7H13ClOS/c1-7(2)3-6(4-7)5-10(8)9/h6H,3-5H2,1-2H3. The molecule has 1 aliphatic rings. The van der Waals surface area contributed by atoms with E-state index in [0.717, 1.165) is 0 Å². The van der Waals surface area contributed by atoms with Crippen molar-refractivity contribution in [1.29, 1.82) is 0 Å². The molecule has 3 heteroatoms. The summed E-state index contributed by atoms with van der Waals surface area (Å²) in [6.07, 6.45) is 2.37. The summed E-state index contributed by atoms with van der Waals surface area (Å²) in [5.41, 5.74) is 0.487. The van der Waals surface area contributed by atoms with Crippen LogP contribution < -0.4 is 0 Å². The lowest BCUT2D eigenvalue weighted by atomic mass is 9.65. The largest absolute Gasteiger partial charge is 0.243 e. The van der Waals surface area contributed by atoms with E-state index in [-0.39, 0.29) is 0 Å². The van der Waals surface area contributed by atoms with Crippen LogP contribution in [0.1, 0.15) is 26.7 Å². The lowest BCUT2D eigenvalue weighted by molar-refractivity contribution is 0.114. The van der Waals surface area contributed by atoms with Crippen LogP contribution in [0.4, 0.5) is 0 Å². The Morgan fingerprint density at radius 2 is 2.10 bits per heavy atom. The molecule has 1 atom stereocenters. The molecule has 60 valence electrons. The molecule has 0 aromatic heterocycles. The maximum atomic E-state index is 10.5. The van der Waals surface area contributed by atoms with Crippen LogP contribution in [0.3, 0.4) is 0 Å². The Labute approximate surface area is 69.1 Å². The molecule has 1 fully saturated rings. The van der Waals surface area contributed by atoms with Gasteiger partial charge in [0.1, 0.15) is 10.0 Å². The number of halogens is 1. The molecular formula is C7H13ClOS. The molecule has 0 bridgehead atoms. The molecule has 0 radical (unpaired) electrons. The van der Waals surface area contributed by atoms with E-state index < -0.39 is 10.0 Å². The van der Waals surface area contributed by atoms with Gasteiger partial charge in [-0.2, -0.15) is 0 Å². The summed E-state index contributed by atoms with van der Waals surface area (Å²) in [6, 6.07) is 0. The topological polar surface area (TPSA) is 17.1 Å². The van der Waals surface area contributed by atoms with E-state index in [2.05, 4.69) is 13.8 Å². The lowest BCUT2D eigenvalue weighted by Crippen LogP contribution is -2.34. The van der Waals surface area contributed by atoms with Crippen molar-refractivity contribution in [3.05, 3.63) is 0 Å². The van der Waals surface area contributed by atoms with Gasteiger partial charge in [-0.15, -0.1) is 0 Å². The Morgan fingerprint density at radius 1 is 1.60 bits per heavy atom. The van der Waals surface area contributed by atoms with E-state index in [4.69, 9.17) is 10.7 Å². The predicted molar refractivity (Wildman–Crippen MR) is 45.4 cm³/mol. The summed E-state index contributed by atoms with van der Waals surface area (Å²) in [7, 11) is 4.25. The molecule has 1 rings (SSSR count). The van der Waals surface area contributed by atoms with Crippen LogP contribution in [0.2, 0.25) is 0 Å². The fourth-order valence-corrected chi connectivity index (χ4v) is 2.95. The van der Waals surface area contributed by atoms with Crippen LogP contribution in [0.5, 0.6) is 0 Å². The zero-order valence-electron chi connectivity index (χ0n) is 6.39. The third-order valence-electron chi connectivity index (χ3n) is 2.05.